The summed E-state index contributed by atoms with van der Waals surface area (Å²) in [6.07, 6.45) is 1.37. The molecule has 7 heteroatoms. The normalized spacial score (nSPS) is 20.7. The molecule has 0 amide bonds. The van der Waals surface area contributed by atoms with E-state index in [1.54, 1.807) is 12.1 Å². The number of alkyl halides is 3. The average Bonchev–Trinajstić information content (AvgIpc) is 2.59. The van der Waals surface area contributed by atoms with Crippen LogP contribution in [0.1, 0.15) is 11.6 Å². The molecular formula is C11H8Cl4FNO. The van der Waals surface area contributed by atoms with E-state index in [1.165, 1.54) is 23.5 Å². The summed E-state index contributed by atoms with van der Waals surface area (Å²) in [5.41, 5.74) is 0.754. The van der Waals surface area contributed by atoms with E-state index in [9.17, 15) is 4.39 Å². The highest BCUT2D eigenvalue weighted by Crippen LogP contribution is 2.39. The third kappa shape index (κ3) is 3.43. The molecule has 1 aliphatic rings. The van der Waals surface area contributed by atoms with Crippen LogP contribution < -0.4 is 0 Å². The van der Waals surface area contributed by atoms with Gasteiger partial charge in [0.25, 0.3) is 0 Å². The molecule has 1 aromatic rings. The lowest BCUT2D eigenvalue weighted by Crippen LogP contribution is -2.32. The summed E-state index contributed by atoms with van der Waals surface area (Å²) in [6, 6.07) is 5.49. The van der Waals surface area contributed by atoms with E-state index < -0.39 is 9.83 Å². The topological polar surface area (TPSA) is 12.5 Å². The standard InChI is InChI=1S/C11H8Cl4FNO/c12-9-5-18-17(6-11(13,14)15)10(9)7-1-3-8(16)4-2-7/h1-5,10H,6H2. The van der Waals surface area contributed by atoms with E-state index in [0.29, 0.717) is 5.03 Å². The first kappa shape index (κ1) is 14.2. The minimum atomic E-state index is -1.49. The fourth-order valence-corrected chi connectivity index (χ4v) is 2.28. The van der Waals surface area contributed by atoms with Gasteiger partial charge in [0, 0.05) is 0 Å². The average molecular weight is 331 g/mol. The third-order valence-corrected chi connectivity index (χ3v) is 3.03. The Kier molecular flexibility index (Phi) is 4.29. The van der Waals surface area contributed by atoms with Crippen molar-refractivity contribution < 1.29 is 9.23 Å². The first-order valence-electron chi connectivity index (χ1n) is 4.98. The van der Waals surface area contributed by atoms with Crippen LogP contribution >= 0.6 is 46.4 Å². The first-order valence-corrected chi connectivity index (χ1v) is 6.49. The van der Waals surface area contributed by atoms with Crippen LogP contribution in [-0.2, 0) is 4.84 Å². The Morgan fingerprint density at radius 3 is 2.39 bits per heavy atom. The largest absolute Gasteiger partial charge is 0.411 e. The smallest absolute Gasteiger partial charge is 0.206 e. The Labute approximate surface area is 124 Å². The van der Waals surface area contributed by atoms with Crippen molar-refractivity contribution in [1.29, 1.82) is 0 Å². The van der Waals surface area contributed by atoms with E-state index in [-0.39, 0.29) is 12.4 Å². The summed E-state index contributed by atoms with van der Waals surface area (Å²) in [5, 5.41) is 1.87. The second-order valence-corrected chi connectivity index (χ2v) is 6.71. The number of hydrogen-bond donors (Lipinski definition) is 0. The maximum absolute atomic E-state index is 12.9. The molecule has 1 unspecified atom stereocenters. The predicted octanol–water partition coefficient (Wildman–Crippen LogP) is 4.56. The monoisotopic (exact) mass is 329 g/mol. The maximum Gasteiger partial charge on any atom is 0.206 e. The van der Waals surface area contributed by atoms with Gasteiger partial charge < -0.3 is 4.84 Å². The van der Waals surface area contributed by atoms with Gasteiger partial charge in [0.2, 0.25) is 3.79 Å². The Morgan fingerprint density at radius 1 is 1.22 bits per heavy atom. The minimum absolute atomic E-state index is 0.0342. The summed E-state index contributed by atoms with van der Waals surface area (Å²) in [6.45, 7) is 0.0342. The summed E-state index contributed by atoms with van der Waals surface area (Å²) < 4.78 is 11.4. The Bertz CT molecular complexity index is 457. The molecule has 2 nitrogen and oxygen atoms in total. The van der Waals surface area contributed by atoms with Crippen molar-refractivity contribution in [3.05, 3.63) is 46.9 Å². The fraction of sp³-hybridized carbons (Fsp3) is 0.273. The van der Waals surface area contributed by atoms with Crippen LogP contribution in [0.25, 0.3) is 0 Å². The highest BCUT2D eigenvalue weighted by molar-refractivity contribution is 6.67. The highest BCUT2D eigenvalue weighted by atomic mass is 35.6. The van der Waals surface area contributed by atoms with Crippen LogP contribution in [0.4, 0.5) is 4.39 Å². The van der Waals surface area contributed by atoms with Crippen molar-refractivity contribution in [2.24, 2.45) is 0 Å². The molecule has 0 fully saturated rings. The Morgan fingerprint density at radius 2 is 1.83 bits per heavy atom. The lowest BCUT2D eigenvalue weighted by molar-refractivity contribution is -0.104. The van der Waals surface area contributed by atoms with Gasteiger partial charge in [0.05, 0.1) is 11.6 Å². The number of hydroxylamine groups is 2. The molecular weight excluding hydrogens is 323 g/mol. The predicted molar refractivity (Wildman–Crippen MR) is 71.2 cm³/mol. The van der Waals surface area contributed by atoms with Crippen molar-refractivity contribution in [3.63, 3.8) is 0 Å². The van der Waals surface area contributed by atoms with Crippen LogP contribution in [0.15, 0.2) is 35.6 Å². The number of benzene rings is 1. The van der Waals surface area contributed by atoms with Crippen LogP contribution in [0.5, 0.6) is 0 Å². The van der Waals surface area contributed by atoms with Crippen LogP contribution in [0.2, 0.25) is 0 Å². The molecule has 1 aliphatic heterocycles. The SMILES string of the molecule is Fc1ccc(C2C(Cl)=CON2CC(Cl)(Cl)Cl)cc1. The van der Waals surface area contributed by atoms with Gasteiger partial charge >= 0.3 is 0 Å². The lowest BCUT2D eigenvalue weighted by Gasteiger charge is -2.26. The van der Waals surface area contributed by atoms with E-state index in [1.807, 2.05) is 0 Å². The molecule has 0 spiro atoms. The molecule has 0 saturated heterocycles. The molecule has 0 aromatic heterocycles. The molecule has 1 atom stereocenters. The lowest BCUT2D eigenvalue weighted by atomic mass is 10.1. The first-order chi connectivity index (χ1) is 8.37. The summed E-state index contributed by atoms with van der Waals surface area (Å²) in [7, 11) is 0. The van der Waals surface area contributed by atoms with Crippen molar-refractivity contribution in [2.75, 3.05) is 6.54 Å². The molecule has 18 heavy (non-hydrogen) atoms. The third-order valence-electron chi connectivity index (χ3n) is 2.37. The van der Waals surface area contributed by atoms with E-state index >= 15 is 0 Å². The van der Waals surface area contributed by atoms with Gasteiger partial charge in [-0.15, -0.1) is 5.06 Å². The minimum Gasteiger partial charge on any atom is -0.411 e. The molecule has 0 N–H and O–H groups in total. The number of rotatable bonds is 2. The number of halogens is 5. The van der Waals surface area contributed by atoms with Crippen molar-refractivity contribution >= 4 is 46.4 Å². The molecule has 0 bridgehead atoms. The highest BCUT2D eigenvalue weighted by Gasteiger charge is 2.36. The Hall–Kier alpha value is -0.190. The zero-order chi connectivity index (χ0) is 13.3. The molecule has 1 aromatic carbocycles. The number of nitrogens with zero attached hydrogens (tertiary/aromatic N) is 1. The second kappa shape index (κ2) is 5.43. The van der Waals surface area contributed by atoms with E-state index in [4.69, 9.17) is 51.2 Å². The molecule has 0 radical (unpaired) electrons. The van der Waals surface area contributed by atoms with Crippen LogP contribution in [0, 0.1) is 5.82 Å². The van der Waals surface area contributed by atoms with Crippen molar-refractivity contribution in [1.82, 2.24) is 5.06 Å². The summed E-state index contributed by atoms with van der Waals surface area (Å²) in [5.74, 6) is -0.328. The van der Waals surface area contributed by atoms with Gasteiger partial charge in [-0.2, -0.15) is 0 Å². The van der Waals surface area contributed by atoms with Gasteiger partial charge in [-0.05, 0) is 17.7 Å². The van der Waals surface area contributed by atoms with Gasteiger partial charge in [0.15, 0.2) is 0 Å². The van der Waals surface area contributed by atoms with Gasteiger partial charge in [-0.1, -0.05) is 58.5 Å². The molecule has 2 rings (SSSR count). The molecule has 0 aliphatic carbocycles. The van der Waals surface area contributed by atoms with Crippen LogP contribution in [0.3, 0.4) is 0 Å². The van der Waals surface area contributed by atoms with Crippen molar-refractivity contribution in [3.8, 4) is 0 Å². The Balaban J connectivity index is 2.22. The van der Waals surface area contributed by atoms with Gasteiger partial charge in [-0.25, -0.2) is 4.39 Å². The van der Waals surface area contributed by atoms with Gasteiger partial charge in [-0.3, -0.25) is 0 Å². The van der Waals surface area contributed by atoms with Crippen LogP contribution in [-0.4, -0.2) is 15.4 Å². The maximum atomic E-state index is 12.9. The summed E-state index contributed by atoms with van der Waals surface area (Å²) in [4.78, 5) is 5.23. The molecule has 98 valence electrons. The fourth-order valence-electron chi connectivity index (χ4n) is 1.66. The van der Waals surface area contributed by atoms with E-state index in [0.717, 1.165) is 5.56 Å². The zero-order valence-electron chi connectivity index (χ0n) is 8.92. The second-order valence-electron chi connectivity index (χ2n) is 3.75. The quantitative estimate of drug-likeness (QED) is 0.737. The summed E-state index contributed by atoms with van der Waals surface area (Å²) >= 11 is 23.2. The zero-order valence-corrected chi connectivity index (χ0v) is 11.9. The van der Waals surface area contributed by atoms with E-state index in [2.05, 4.69) is 0 Å². The van der Waals surface area contributed by atoms with Crippen molar-refractivity contribution in [2.45, 2.75) is 9.83 Å². The number of hydrogen-bond acceptors (Lipinski definition) is 2. The van der Waals surface area contributed by atoms with Gasteiger partial charge in [0.1, 0.15) is 18.1 Å². The molecule has 1 heterocycles. The molecule has 0 saturated carbocycles.